The Morgan fingerprint density at radius 2 is 1.94 bits per heavy atom. The molecule has 1 aliphatic heterocycles. The molecule has 0 saturated carbocycles. The van der Waals surface area contributed by atoms with Gasteiger partial charge in [-0.05, 0) is 37.8 Å². The van der Waals surface area contributed by atoms with Gasteiger partial charge in [-0.1, -0.05) is 31.2 Å². The van der Waals surface area contributed by atoms with Crippen molar-refractivity contribution < 1.29 is 0 Å². The molecule has 2 atom stereocenters. The lowest BCUT2D eigenvalue weighted by molar-refractivity contribution is 0.198. The van der Waals surface area contributed by atoms with Crippen LogP contribution in [0.4, 0.5) is 0 Å². The second-order valence-electron chi connectivity index (χ2n) is 5.32. The highest BCUT2D eigenvalue weighted by Crippen LogP contribution is 2.32. The van der Waals surface area contributed by atoms with Crippen molar-refractivity contribution in [2.24, 2.45) is 5.73 Å². The molecular formula is C15H24N2. The third-order valence-corrected chi connectivity index (χ3v) is 3.88. The quantitative estimate of drug-likeness (QED) is 0.868. The van der Waals surface area contributed by atoms with Crippen LogP contribution in [0.15, 0.2) is 24.3 Å². The summed E-state index contributed by atoms with van der Waals surface area (Å²) in [6.07, 6.45) is 2.21. The van der Waals surface area contributed by atoms with E-state index in [0.717, 1.165) is 19.4 Å². The molecule has 2 nitrogen and oxygen atoms in total. The van der Waals surface area contributed by atoms with Crippen LogP contribution >= 0.6 is 0 Å². The smallest absolute Gasteiger partial charge is 0.0502 e. The van der Waals surface area contributed by atoms with Crippen LogP contribution in [0.2, 0.25) is 0 Å². The lowest BCUT2D eigenvalue weighted by Gasteiger charge is -2.30. The first kappa shape index (κ1) is 12.6. The maximum atomic E-state index is 6.27. The minimum atomic E-state index is 0.282. The van der Waals surface area contributed by atoms with Crippen LogP contribution in [0.1, 0.15) is 44.4 Å². The molecule has 0 aliphatic carbocycles. The Hall–Kier alpha value is -0.860. The molecule has 2 N–H and O–H groups in total. The monoisotopic (exact) mass is 232 g/mol. The average molecular weight is 232 g/mol. The summed E-state index contributed by atoms with van der Waals surface area (Å²) in [5.41, 5.74) is 9.04. The molecule has 1 aromatic carbocycles. The van der Waals surface area contributed by atoms with Crippen LogP contribution in [-0.2, 0) is 6.42 Å². The number of aryl methyl sites for hydroxylation is 1. The van der Waals surface area contributed by atoms with Crippen molar-refractivity contribution in [3.8, 4) is 0 Å². The molecule has 0 amide bonds. The second-order valence-corrected chi connectivity index (χ2v) is 5.32. The fourth-order valence-electron chi connectivity index (χ4n) is 2.81. The van der Waals surface area contributed by atoms with Gasteiger partial charge in [-0.15, -0.1) is 0 Å². The van der Waals surface area contributed by atoms with Crippen LogP contribution in [0, 0.1) is 0 Å². The van der Waals surface area contributed by atoms with Gasteiger partial charge in [-0.2, -0.15) is 0 Å². The van der Waals surface area contributed by atoms with Crippen LogP contribution in [0.3, 0.4) is 0 Å². The molecule has 0 radical (unpaired) electrons. The van der Waals surface area contributed by atoms with Crippen LogP contribution < -0.4 is 5.73 Å². The lowest BCUT2D eigenvalue weighted by atomic mass is 9.98. The van der Waals surface area contributed by atoms with Crippen molar-refractivity contribution in [2.45, 2.75) is 51.7 Å². The average Bonchev–Trinajstić information content (AvgIpc) is 2.71. The maximum Gasteiger partial charge on any atom is 0.0502 e. The highest BCUT2D eigenvalue weighted by Gasteiger charge is 2.33. The molecule has 1 heterocycles. The van der Waals surface area contributed by atoms with Gasteiger partial charge in [0.05, 0.1) is 6.04 Å². The van der Waals surface area contributed by atoms with Gasteiger partial charge in [0.2, 0.25) is 0 Å². The fourth-order valence-corrected chi connectivity index (χ4v) is 2.81. The van der Waals surface area contributed by atoms with Gasteiger partial charge in [-0.25, -0.2) is 0 Å². The van der Waals surface area contributed by atoms with Gasteiger partial charge >= 0.3 is 0 Å². The topological polar surface area (TPSA) is 29.3 Å². The van der Waals surface area contributed by atoms with Crippen LogP contribution in [-0.4, -0.2) is 23.5 Å². The van der Waals surface area contributed by atoms with Crippen LogP contribution in [0.25, 0.3) is 0 Å². The van der Waals surface area contributed by atoms with Gasteiger partial charge in [0.25, 0.3) is 0 Å². The van der Waals surface area contributed by atoms with E-state index in [2.05, 4.69) is 49.9 Å². The first-order valence-corrected chi connectivity index (χ1v) is 6.73. The number of hydrogen-bond donors (Lipinski definition) is 1. The Labute approximate surface area is 105 Å². The molecule has 94 valence electrons. The number of nitrogens with zero attached hydrogens (tertiary/aromatic N) is 1. The number of benzene rings is 1. The fraction of sp³-hybridized carbons (Fsp3) is 0.600. The van der Waals surface area contributed by atoms with E-state index in [9.17, 15) is 0 Å². The van der Waals surface area contributed by atoms with E-state index >= 15 is 0 Å². The molecule has 2 unspecified atom stereocenters. The molecule has 1 fully saturated rings. The van der Waals surface area contributed by atoms with E-state index in [4.69, 9.17) is 5.73 Å². The molecular weight excluding hydrogens is 208 g/mol. The molecule has 17 heavy (non-hydrogen) atoms. The van der Waals surface area contributed by atoms with Crippen molar-refractivity contribution in [3.05, 3.63) is 35.4 Å². The van der Waals surface area contributed by atoms with Gasteiger partial charge in [0, 0.05) is 18.6 Å². The van der Waals surface area contributed by atoms with E-state index in [1.54, 1.807) is 0 Å². The molecule has 1 aliphatic rings. The summed E-state index contributed by atoms with van der Waals surface area (Å²) < 4.78 is 0. The van der Waals surface area contributed by atoms with Gasteiger partial charge in [-0.3, -0.25) is 4.90 Å². The normalized spacial score (nSPS) is 25.7. The molecule has 1 saturated heterocycles. The van der Waals surface area contributed by atoms with Crippen molar-refractivity contribution >= 4 is 0 Å². The van der Waals surface area contributed by atoms with Gasteiger partial charge in [0.15, 0.2) is 0 Å². The van der Waals surface area contributed by atoms with Crippen molar-refractivity contribution in [1.29, 1.82) is 0 Å². The van der Waals surface area contributed by atoms with Crippen molar-refractivity contribution in [3.63, 3.8) is 0 Å². The SMILES string of the molecule is CCc1ccc(C2C(N)CCN2C(C)C)cc1. The minimum Gasteiger partial charge on any atom is -0.326 e. The predicted molar refractivity (Wildman–Crippen MR) is 73.0 cm³/mol. The Morgan fingerprint density at radius 1 is 1.29 bits per heavy atom. The molecule has 1 aromatic rings. The Kier molecular flexibility index (Phi) is 3.85. The third-order valence-electron chi connectivity index (χ3n) is 3.88. The molecule has 0 aromatic heterocycles. The minimum absolute atomic E-state index is 0.282. The number of nitrogens with two attached hydrogens (primary N) is 1. The number of rotatable bonds is 3. The Bertz CT molecular complexity index is 356. The third kappa shape index (κ3) is 2.53. The predicted octanol–water partition coefficient (Wildman–Crippen LogP) is 2.73. The van der Waals surface area contributed by atoms with Gasteiger partial charge < -0.3 is 5.73 Å². The number of likely N-dealkylation sites (tertiary alicyclic amines) is 1. The zero-order chi connectivity index (χ0) is 12.4. The summed E-state index contributed by atoms with van der Waals surface area (Å²) in [5, 5.41) is 0. The maximum absolute atomic E-state index is 6.27. The molecule has 0 bridgehead atoms. The van der Waals surface area contributed by atoms with Crippen LogP contribution in [0.5, 0.6) is 0 Å². The van der Waals surface area contributed by atoms with E-state index < -0.39 is 0 Å². The first-order chi connectivity index (χ1) is 8.13. The van der Waals surface area contributed by atoms with E-state index in [1.165, 1.54) is 11.1 Å². The standard InChI is InChI=1S/C15H24N2/c1-4-12-5-7-13(8-6-12)15-14(16)9-10-17(15)11(2)3/h5-8,11,14-15H,4,9-10,16H2,1-3H3. The highest BCUT2D eigenvalue weighted by atomic mass is 15.2. The summed E-state index contributed by atoms with van der Waals surface area (Å²) in [4.78, 5) is 2.52. The largest absolute Gasteiger partial charge is 0.326 e. The Balaban J connectivity index is 2.23. The lowest BCUT2D eigenvalue weighted by Crippen LogP contribution is -2.35. The van der Waals surface area contributed by atoms with Crippen molar-refractivity contribution in [2.75, 3.05) is 6.54 Å². The summed E-state index contributed by atoms with van der Waals surface area (Å²) in [6, 6.07) is 10.2. The zero-order valence-corrected chi connectivity index (χ0v) is 11.2. The molecule has 2 heteroatoms. The summed E-state index contributed by atoms with van der Waals surface area (Å²) in [5.74, 6) is 0. The van der Waals surface area contributed by atoms with E-state index in [0.29, 0.717) is 12.1 Å². The summed E-state index contributed by atoms with van der Waals surface area (Å²) >= 11 is 0. The van der Waals surface area contributed by atoms with E-state index in [1.807, 2.05) is 0 Å². The number of hydrogen-bond acceptors (Lipinski definition) is 2. The zero-order valence-electron chi connectivity index (χ0n) is 11.2. The Morgan fingerprint density at radius 3 is 2.47 bits per heavy atom. The highest BCUT2D eigenvalue weighted by molar-refractivity contribution is 5.27. The molecule has 0 spiro atoms. The molecule has 2 rings (SSSR count). The van der Waals surface area contributed by atoms with Crippen molar-refractivity contribution in [1.82, 2.24) is 4.90 Å². The second kappa shape index (κ2) is 5.19. The first-order valence-electron chi connectivity index (χ1n) is 6.73. The summed E-state index contributed by atoms with van der Waals surface area (Å²) in [7, 11) is 0. The summed E-state index contributed by atoms with van der Waals surface area (Å²) in [6.45, 7) is 7.83. The van der Waals surface area contributed by atoms with E-state index in [-0.39, 0.29) is 6.04 Å². The van der Waals surface area contributed by atoms with Gasteiger partial charge in [0.1, 0.15) is 0 Å².